The van der Waals surface area contributed by atoms with E-state index in [2.05, 4.69) is 21.4 Å². The first-order chi connectivity index (χ1) is 14.4. The number of carbonyl (C=O) groups excluding carboxylic acids is 2. The summed E-state index contributed by atoms with van der Waals surface area (Å²) in [6, 6.07) is 12.3. The minimum absolute atomic E-state index is 0.255. The number of hydrogen-bond acceptors (Lipinski definition) is 6. The first kappa shape index (κ1) is 22.3. The molecule has 0 aromatic heterocycles. The highest BCUT2D eigenvalue weighted by Gasteiger charge is 2.34. The summed E-state index contributed by atoms with van der Waals surface area (Å²) in [6.07, 6.45) is 1.71. The molecule has 0 bridgehead atoms. The summed E-state index contributed by atoms with van der Waals surface area (Å²) < 4.78 is 12.3. The molecule has 2 aromatic carbocycles. The van der Waals surface area contributed by atoms with Crippen molar-refractivity contribution in [3.63, 3.8) is 0 Å². The first-order valence-electron chi connectivity index (χ1n) is 9.17. The van der Waals surface area contributed by atoms with E-state index in [4.69, 9.17) is 21.7 Å². The lowest BCUT2D eigenvalue weighted by Crippen LogP contribution is -2.44. The van der Waals surface area contributed by atoms with E-state index in [9.17, 15) is 9.59 Å². The molecule has 3 rings (SSSR count). The second kappa shape index (κ2) is 10.1. The lowest BCUT2D eigenvalue weighted by Gasteiger charge is -2.15. The van der Waals surface area contributed by atoms with Crippen molar-refractivity contribution in [3.05, 3.63) is 63.0 Å². The third kappa shape index (κ3) is 5.03. The lowest BCUT2D eigenvalue weighted by molar-refractivity contribution is -0.123. The molecule has 1 aliphatic rings. The third-order valence-corrected chi connectivity index (χ3v) is 5.85. The van der Waals surface area contributed by atoms with Crippen LogP contribution in [-0.4, -0.2) is 34.4 Å². The van der Waals surface area contributed by atoms with Crippen LogP contribution in [0.15, 0.2) is 51.8 Å². The van der Waals surface area contributed by atoms with Crippen LogP contribution in [0.2, 0.25) is 0 Å². The summed E-state index contributed by atoms with van der Waals surface area (Å²) in [6.45, 7) is 4.75. The molecule has 2 amide bonds. The van der Waals surface area contributed by atoms with Crippen molar-refractivity contribution < 1.29 is 19.1 Å². The molecule has 2 aromatic rings. The largest absolute Gasteiger partial charge is 0.490 e. The number of hydrogen-bond donors (Lipinski definition) is 1. The van der Waals surface area contributed by atoms with Gasteiger partial charge >= 0.3 is 0 Å². The van der Waals surface area contributed by atoms with Crippen LogP contribution in [0.5, 0.6) is 11.5 Å². The molecule has 1 saturated heterocycles. The van der Waals surface area contributed by atoms with Gasteiger partial charge in [-0.3, -0.25) is 15.0 Å². The van der Waals surface area contributed by atoms with Crippen LogP contribution in [0.4, 0.5) is 0 Å². The highest BCUT2D eigenvalue weighted by molar-refractivity contribution is 9.10. The van der Waals surface area contributed by atoms with E-state index in [0.717, 1.165) is 26.8 Å². The molecule has 0 saturated carbocycles. The van der Waals surface area contributed by atoms with Gasteiger partial charge in [-0.15, -0.1) is 0 Å². The average Bonchev–Trinajstić information content (AvgIpc) is 2.98. The van der Waals surface area contributed by atoms with Crippen molar-refractivity contribution >= 4 is 62.1 Å². The molecule has 156 valence electrons. The number of nitrogens with zero attached hydrogens (tertiary/aromatic N) is 1. The van der Waals surface area contributed by atoms with Gasteiger partial charge in [0.1, 0.15) is 0 Å². The standard InChI is InChI=1S/C21H19BrN2O4S2/c1-3-27-16-11-13(10-15(22)18(16)28-4-2)12-17-20(26)24(21(29)30-17)23-19(25)14-8-6-5-7-9-14/h5-12H,3-4H2,1-2H3,(H,23,25)/b17-12-. The summed E-state index contributed by atoms with van der Waals surface area (Å²) in [5.41, 5.74) is 3.74. The predicted molar refractivity (Wildman–Crippen MR) is 125 cm³/mol. The number of rotatable bonds is 7. The second-order valence-electron chi connectivity index (χ2n) is 6.02. The van der Waals surface area contributed by atoms with Crippen molar-refractivity contribution in [2.45, 2.75) is 13.8 Å². The fourth-order valence-electron chi connectivity index (χ4n) is 2.69. The number of carbonyl (C=O) groups is 2. The Balaban J connectivity index is 1.84. The zero-order chi connectivity index (χ0) is 21.7. The molecule has 1 heterocycles. The number of thiocarbonyl (C=S) groups is 1. The molecule has 30 heavy (non-hydrogen) atoms. The number of nitrogens with one attached hydrogen (secondary N) is 1. The topological polar surface area (TPSA) is 67.9 Å². The van der Waals surface area contributed by atoms with Gasteiger partial charge in [0.15, 0.2) is 15.8 Å². The average molecular weight is 507 g/mol. The lowest BCUT2D eigenvalue weighted by atomic mass is 10.2. The van der Waals surface area contributed by atoms with E-state index in [-0.39, 0.29) is 4.32 Å². The molecule has 0 radical (unpaired) electrons. The fourth-order valence-corrected chi connectivity index (χ4v) is 4.44. The van der Waals surface area contributed by atoms with Gasteiger partial charge in [0.05, 0.1) is 22.6 Å². The first-order valence-corrected chi connectivity index (χ1v) is 11.2. The van der Waals surface area contributed by atoms with Crippen molar-refractivity contribution in [2.24, 2.45) is 0 Å². The Morgan fingerprint density at radius 3 is 2.57 bits per heavy atom. The number of hydrazine groups is 1. The number of benzene rings is 2. The van der Waals surface area contributed by atoms with Crippen LogP contribution >= 0.6 is 39.9 Å². The van der Waals surface area contributed by atoms with Crippen molar-refractivity contribution in [2.75, 3.05) is 13.2 Å². The summed E-state index contributed by atoms with van der Waals surface area (Å²) >= 11 is 9.90. The van der Waals surface area contributed by atoms with E-state index < -0.39 is 11.8 Å². The summed E-state index contributed by atoms with van der Waals surface area (Å²) in [5.74, 6) is 0.389. The Bertz CT molecular complexity index is 1010. The van der Waals surface area contributed by atoms with Gasteiger partial charge in [-0.1, -0.05) is 30.0 Å². The van der Waals surface area contributed by atoms with Crippen LogP contribution < -0.4 is 14.9 Å². The molecule has 1 N–H and O–H groups in total. The molecule has 6 nitrogen and oxygen atoms in total. The van der Waals surface area contributed by atoms with Crippen LogP contribution in [0, 0.1) is 0 Å². The summed E-state index contributed by atoms with van der Waals surface area (Å²) in [5, 5.41) is 1.09. The quantitative estimate of drug-likeness (QED) is 0.430. The van der Waals surface area contributed by atoms with E-state index in [0.29, 0.717) is 35.2 Å². The van der Waals surface area contributed by atoms with Gasteiger partial charge in [0.2, 0.25) is 0 Å². The zero-order valence-corrected chi connectivity index (χ0v) is 19.5. The van der Waals surface area contributed by atoms with Crippen molar-refractivity contribution in [1.82, 2.24) is 10.4 Å². The van der Waals surface area contributed by atoms with Gasteiger partial charge in [-0.05, 0) is 77.9 Å². The van der Waals surface area contributed by atoms with E-state index in [1.165, 1.54) is 0 Å². The van der Waals surface area contributed by atoms with Gasteiger partial charge in [0.25, 0.3) is 11.8 Å². The predicted octanol–water partition coefficient (Wildman–Crippen LogP) is 4.79. The maximum atomic E-state index is 12.8. The Kier molecular flexibility index (Phi) is 7.52. The zero-order valence-electron chi connectivity index (χ0n) is 16.3. The maximum Gasteiger partial charge on any atom is 0.285 e. The fraction of sp³-hybridized carbons (Fsp3) is 0.190. The molecule has 0 unspecified atom stereocenters. The Hall–Kier alpha value is -2.36. The summed E-state index contributed by atoms with van der Waals surface area (Å²) in [4.78, 5) is 25.6. The number of amides is 2. The monoisotopic (exact) mass is 506 g/mol. The molecular formula is C21H19BrN2O4S2. The third-order valence-electron chi connectivity index (χ3n) is 3.96. The minimum Gasteiger partial charge on any atom is -0.490 e. The van der Waals surface area contributed by atoms with Crippen molar-refractivity contribution in [3.8, 4) is 11.5 Å². The minimum atomic E-state index is -0.407. The number of ether oxygens (including phenoxy) is 2. The van der Waals surface area contributed by atoms with Crippen LogP contribution in [0.1, 0.15) is 29.8 Å². The molecule has 1 aliphatic heterocycles. The molecule has 0 atom stereocenters. The van der Waals surface area contributed by atoms with Gasteiger partial charge in [-0.25, -0.2) is 0 Å². The highest BCUT2D eigenvalue weighted by Crippen LogP contribution is 2.39. The van der Waals surface area contributed by atoms with Crippen LogP contribution in [0.3, 0.4) is 0 Å². The summed E-state index contributed by atoms with van der Waals surface area (Å²) in [7, 11) is 0. The van der Waals surface area contributed by atoms with E-state index >= 15 is 0 Å². The Morgan fingerprint density at radius 2 is 1.90 bits per heavy atom. The van der Waals surface area contributed by atoms with Gasteiger partial charge in [-0.2, -0.15) is 5.01 Å². The van der Waals surface area contributed by atoms with Crippen LogP contribution in [0.25, 0.3) is 6.08 Å². The van der Waals surface area contributed by atoms with E-state index in [1.807, 2.05) is 26.0 Å². The molecule has 9 heteroatoms. The smallest absolute Gasteiger partial charge is 0.285 e. The highest BCUT2D eigenvalue weighted by atomic mass is 79.9. The number of halogens is 1. The van der Waals surface area contributed by atoms with Crippen molar-refractivity contribution in [1.29, 1.82) is 0 Å². The maximum absolute atomic E-state index is 12.8. The Morgan fingerprint density at radius 1 is 1.20 bits per heavy atom. The van der Waals surface area contributed by atoms with E-state index in [1.54, 1.807) is 36.4 Å². The molecule has 0 spiro atoms. The second-order valence-corrected chi connectivity index (χ2v) is 8.55. The van der Waals surface area contributed by atoms with Gasteiger partial charge < -0.3 is 9.47 Å². The van der Waals surface area contributed by atoms with Crippen LogP contribution in [-0.2, 0) is 4.79 Å². The SMILES string of the molecule is CCOc1cc(/C=C2\SC(=S)N(NC(=O)c3ccccc3)C2=O)cc(Br)c1OCC. The molecule has 1 fully saturated rings. The van der Waals surface area contributed by atoms with Gasteiger partial charge in [0, 0.05) is 5.56 Å². The Labute approximate surface area is 192 Å². The normalized spacial score (nSPS) is 14.9. The molecule has 0 aliphatic carbocycles. The molecular weight excluding hydrogens is 488 g/mol. The number of thioether (sulfide) groups is 1.